The van der Waals surface area contributed by atoms with Crippen LogP contribution in [0, 0.1) is 10.1 Å². The van der Waals surface area contributed by atoms with Crippen molar-refractivity contribution in [2.24, 2.45) is 0 Å². The zero-order chi connectivity index (χ0) is 19.8. The predicted octanol–water partition coefficient (Wildman–Crippen LogP) is 2.63. The summed E-state index contributed by atoms with van der Waals surface area (Å²) < 4.78 is 1.20. The van der Waals surface area contributed by atoms with E-state index in [1.54, 1.807) is 18.2 Å². The van der Waals surface area contributed by atoms with Crippen LogP contribution in [-0.2, 0) is 6.42 Å². The molecule has 1 aromatic carbocycles. The fourth-order valence-electron chi connectivity index (χ4n) is 3.97. The zero-order valence-corrected chi connectivity index (χ0v) is 15.7. The molecule has 4 rings (SSSR count). The Morgan fingerprint density at radius 3 is 2.71 bits per heavy atom. The normalized spacial score (nSPS) is 18.8. The first-order valence-corrected chi connectivity index (χ1v) is 9.14. The van der Waals surface area contributed by atoms with Crippen molar-refractivity contribution in [1.82, 2.24) is 14.3 Å². The van der Waals surface area contributed by atoms with Crippen LogP contribution < -0.4 is 10.9 Å². The van der Waals surface area contributed by atoms with E-state index in [1.807, 2.05) is 32.3 Å². The second-order valence-corrected chi connectivity index (χ2v) is 7.19. The average molecular weight is 379 g/mol. The summed E-state index contributed by atoms with van der Waals surface area (Å²) in [6.07, 6.45) is 3.33. The zero-order valence-electron chi connectivity index (χ0n) is 15.7. The Labute approximate surface area is 161 Å². The van der Waals surface area contributed by atoms with Gasteiger partial charge in [-0.25, -0.2) is 4.98 Å². The van der Waals surface area contributed by atoms with Crippen LogP contribution in [-0.4, -0.2) is 39.3 Å². The number of benzene rings is 1. The first kappa shape index (κ1) is 18.1. The molecular weight excluding hydrogens is 358 g/mol. The number of nitrogens with one attached hydrogen (secondary N) is 1. The van der Waals surface area contributed by atoms with Gasteiger partial charge in [-0.3, -0.25) is 19.3 Å². The molecule has 28 heavy (non-hydrogen) atoms. The number of rotatable bonds is 4. The molecule has 0 saturated heterocycles. The van der Waals surface area contributed by atoms with Crippen LogP contribution in [0.4, 0.5) is 11.5 Å². The number of pyridine rings is 1. The lowest BCUT2D eigenvalue weighted by Gasteiger charge is -2.38. The van der Waals surface area contributed by atoms with Crippen molar-refractivity contribution in [3.05, 3.63) is 80.3 Å². The van der Waals surface area contributed by atoms with E-state index in [-0.39, 0.29) is 17.9 Å². The smallest absolute Gasteiger partial charge is 0.356 e. The highest BCUT2D eigenvalue weighted by molar-refractivity contribution is 5.61. The van der Waals surface area contributed by atoms with Crippen molar-refractivity contribution in [2.45, 2.75) is 24.9 Å². The Hall–Kier alpha value is -3.26. The molecule has 8 nitrogen and oxygen atoms in total. The van der Waals surface area contributed by atoms with Gasteiger partial charge in [-0.15, -0.1) is 0 Å². The first-order valence-electron chi connectivity index (χ1n) is 9.14. The molecule has 1 aliphatic rings. The van der Waals surface area contributed by atoms with E-state index in [2.05, 4.69) is 21.3 Å². The molecule has 0 aliphatic heterocycles. The minimum Gasteiger partial charge on any atom is -0.356 e. The van der Waals surface area contributed by atoms with Gasteiger partial charge in [0.1, 0.15) is 5.65 Å². The molecule has 0 fully saturated rings. The lowest BCUT2D eigenvalue weighted by molar-refractivity contribution is -0.385. The number of fused-ring (bicyclic) bond motifs is 2. The largest absolute Gasteiger partial charge is 0.376 e. The highest BCUT2D eigenvalue weighted by atomic mass is 16.6. The highest BCUT2D eigenvalue weighted by Crippen LogP contribution is 2.35. The van der Waals surface area contributed by atoms with E-state index in [4.69, 9.17) is 0 Å². The third-order valence-corrected chi connectivity index (χ3v) is 5.33. The van der Waals surface area contributed by atoms with Gasteiger partial charge < -0.3 is 10.2 Å². The Kier molecular flexibility index (Phi) is 4.56. The van der Waals surface area contributed by atoms with Crippen molar-refractivity contribution in [3.63, 3.8) is 0 Å². The molecule has 8 heteroatoms. The highest BCUT2D eigenvalue weighted by Gasteiger charge is 2.34. The number of nitro groups is 1. The van der Waals surface area contributed by atoms with Crippen LogP contribution in [0.15, 0.2) is 53.5 Å². The fraction of sp³-hybridized carbons (Fsp3) is 0.300. The van der Waals surface area contributed by atoms with E-state index < -0.39 is 16.2 Å². The van der Waals surface area contributed by atoms with Crippen LogP contribution >= 0.6 is 0 Å². The van der Waals surface area contributed by atoms with E-state index in [0.29, 0.717) is 5.65 Å². The quantitative estimate of drug-likeness (QED) is 0.553. The SMILES string of the molecule is CN(C)[C@@H]1CCc2ccccc2[C@@H]1Nc1nc2ccccn2c(=O)c1[N+](=O)[O-]. The van der Waals surface area contributed by atoms with Gasteiger partial charge in [0.2, 0.25) is 5.82 Å². The maximum atomic E-state index is 12.7. The Morgan fingerprint density at radius 1 is 1.21 bits per heavy atom. The summed E-state index contributed by atoms with van der Waals surface area (Å²) in [6.45, 7) is 0. The predicted molar refractivity (Wildman–Crippen MR) is 107 cm³/mol. The van der Waals surface area contributed by atoms with E-state index in [1.165, 1.54) is 16.2 Å². The van der Waals surface area contributed by atoms with Gasteiger partial charge in [0.15, 0.2) is 0 Å². The Bertz CT molecular complexity index is 1110. The molecule has 2 aromatic heterocycles. The van der Waals surface area contributed by atoms with E-state index in [0.717, 1.165) is 18.4 Å². The molecule has 1 N–H and O–H groups in total. The van der Waals surface area contributed by atoms with Crippen molar-refractivity contribution >= 4 is 17.2 Å². The van der Waals surface area contributed by atoms with E-state index >= 15 is 0 Å². The molecule has 2 atom stereocenters. The van der Waals surface area contributed by atoms with Crippen LogP contribution in [0.3, 0.4) is 0 Å². The average Bonchev–Trinajstić information content (AvgIpc) is 2.68. The number of likely N-dealkylation sites (N-methyl/N-ethyl adjacent to an activating group) is 1. The third kappa shape index (κ3) is 3.01. The molecule has 0 bridgehead atoms. The van der Waals surface area contributed by atoms with Crippen LogP contribution in [0.5, 0.6) is 0 Å². The number of anilines is 1. The standard InChI is InChI=1S/C20H21N5O3/c1-23(2)15-11-10-13-7-3-4-8-14(13)17(15)22-19-18(25(27)28)20(26)24-12-6-5-9-16(24)21-19/h3-9,12,15,17,22H,10-11H2,1-2H3/t15-,17+/m1/s1. The number of hydrogen-bond acceptors (Lipinski definition) is 6. The summed E-state index contributed by atoms with van der Waals surface area (Å²) in [7, 11) is 3.98. The minimum absolute atomic E-state index is 0.00903. The summed E-state index contributed by atoms with van der Waals surface area (Å²) in [4.78, 5) is 30.3. The van der Waals surface area contributed by atoms with Gasteiger partial charge in [-0.1, -0.05) is 30.3 Å². The second kappa shape index (κ2) is 7.05. The lowest BCUT2D eigenvalue weighted by atomic mass is 9.83. The van der Waals surface area contributed by atoms with Gasteiger partial charge in [-0.2, -0.15) is 0 Å². The second-order valence-electron chi connectivity index (χ2n) is 7.19. The number of aromatic nitrogens is 2. The van der Waals surface area contributed by atoms with Gasteiger partial charge in [-0.05, 0) is 50.2 Å². The number of aryl methyl sites for hydroxylation is 1. The minimum atomic E-state index is -0.691. The van der Waals surface area contributed by atoms with Crippen molar-refractivity contribution in [1.29, 1.82) is 0 Å². The molecule has 0 radical (unpaired) electrons. The van der Waals surface area contributed by atoms with Gasteiger partial charge in [0.25, 0.3) is 0 Å². The monoisotopic (exact) mass is 379 g/mol. The van der Waals surface area contributed by atoms with Crippen LogP contribution in [0.25, 0.3) is 5.65 Å². The summed E-state index contributed by atoms with van der Waals surface area (Å²) in [5, 5.41) is 14.9. The van der Waals surface area contributed by atoms with Crippen molar-refractivity contribution in [3.8, 4) is 0 Å². The molecule has 144 valence electrons. The van der Waals surface area contributed by atoms with E-state index in [9.17, 15) is 14.9 Å². The molecule has 2 heterocycles. The molecule has 1 aliphatic carbocycles. The first-order chi connectivity index (χ1) is 13.5. The lowest BCUT2D eigenvalue weighted by Crippen LogP contribution is -2.41. The van der Waals surface area contributed by atoms with Gasteiger partial charge in [0.05, 0.1) is 11.0 Å². The Balaban J connectivity index is 1.87. The third-order valence-electron chi connectivity index (χ3n) is 5.33. The van der Waals surface area contributed by atoms with Gasteiger partial charge in [0, 0.05) is 12.2 Å². The summed E-state index contributed by atoms with van der Waals surface area (Å²) in [5.74, 6) is 0.00903. The molecular formula is C20H21N5O3. The molecule has 0 spiro atoms. The molecule has 0 amide bonds. The Morgan fingerprint density at radius 2 is 1.96 bits per heavy atom. The molecule has 0 saturated carbocycles. The maximum Gasteiger partial charge on any atom is 0.376 e. The summed E-state index contributed by atoms with van der Waals surface area (Å²) in [5.41, 5.74) is 1.43. The maximum absolute atomic E-state index is 12.7. The molecule has 3 aromatic rings. The molecule has 0 unspecified atom stereocenters. The van der Waals surface area contributed by atoms with Crippen LogP contribution in [0.1, 0.15) is 23.6 Å². The van der Waals surface area contributed by atoms with Crippen molar-refractivity contribution in [2.75, 3.05) is 19.4 Å². The van der Waals surface area contributed by atoms with Gasteiger partial charge >= 0.3 is 11.2 Å². The van der Waals surface area contributed by atoms with Crippen molar-refractivity contribution < 1.29 is 4.92 Å². The topological polar surface area (TPSA) is 92.8 Å². The number of nitrogens with zero attached hydrogens (tertiary/aromatic N) is 4. The van der Waals surface area contributed by atoms with Crippen LogP contribution in [0.2, 0.25) is 0 Å². The fourth-order valence-corrected chi connectivity index (χ4v) is 3.97. The summed E-state index contributed by atoms with van der Waals surface area (Å²) >= 11 is 0. The summed E-state index contributed by atoms with van der Waals surface area (Å²) in [6, 6.07) is 13.0. The number of hydrogen-bond donors (Lipinski definition) is 1.